The molecule has 0 saturated carbocycles. The molecular weight excluding hydrogens is 669 g/mol. The van der Waals surface area contributed by atoms with Crippen molar-refractivity contribution in [3.05, 3.63) is 77.0 Å². The number of hydrogen-bond donors (Lipinski definition) is 0. The lowest BCUT2D eigenvalue weighted by Gasteiger charge is -2.42. The van der Waals surface area contributed by atoms with Gasteiger partial charge in [0.05, 0.1) is 53.4 Å². The van der Waals surface area contributed by atoms with Crippen LogP contribution in [0.2, 0.25) is 5.02 Å². The standard InChI is InChI=1S/C38H41ClFN9O2/c1-45-21-28(42-25-45)9-10-34(50)49-18-17-47(22-29(49)11-14-41)36-30-12-16-46(33-8-3-6-26-5-2-7-31(39)35(26)33)23-32(30)43-37(44-36)51-24-38-13-4-15-48(38)20-27(40)19-38/h2-3,5-10,21,25,27,29H,4,11-13,15-20,22-24H2,1H3/b10-9+/t27-,29+,38+/m1/s1. The number of rotatable bonds is 8. The first-order chi connectivity index (χ1) is 24.8. The number of ether oxygens (including phenoxy) is 1. The molecule has 2 aromatic heterocycles. The summed E-state index contributed by atoms with van der Waals surface area (Å²) in [6.07, 6.45) is 9.17. The number of aromatic nitrogens is 4. The number of anilines is 2. The van der Waals surface area contributed by atoms with E-state index in [0.29, 0.717) is 62.9 Å². The molecule has 0 N–H and O–H groups in total. The average molecular weight is 710 g/mol. The minimum absolute atomic E-state index is 0.151. The largest absolute Gasteiger partial charge is 0.461 e. The zero-order valence-corrected chi connectivity index (χ0v) is 29.5. The molecule has 8 rings (SSSR count). The predicted molar refractivity (Wildman–Crippen MR) is 194 cm³/mol. The highest BCUT2D eigenvalue weighted by molar-refractivity contribution is 6.36. The third-order valence-corrected chi connectivity index (χ3v) is 11.3. The first-order valence-electron chi connectivity index (χ1n) is 17.7. The van der Waals surface area contributed by atoms with Crippen molar-refractivity contribution in [2.24, 2.45) is 7.05 Å². The topological polar surface area (TPSA) is 107 Å². The average Bonchev–Trinajstić information content (AvgIpc) is 3.82. The number of carbonyl (C=O) groups is 1. The number of nitrogens with zero attached hydrogens (tertiary/aromatic N) is 9. The van der Waals surface area contributed by atoms with E-state index in [2.05, 4.69) is 50.0 Å². The molecule has 13 heteroatoms. The molecule has 0 spiro atoms. The van der Waals surface area contributed by atoms with E-state index in [1.54, 1.807) is 17.3 Å². The Balaban J connectivity index is 1.10. The third kappa shape index (κ3) is 6.49. The summed E-state index contributed by atoms with van der Waals surface area (Å²) in [6.45, 7) is 4.35. The minimum Gasteiger partial charge on any atom is -0.461 e. The SMILES string of the molecule is Cn1cnc(/C=C/C(=O)N2CCN(c3nc(OC[C@@]45CCCN4C[C@H](F)C5)nc4c3CCN(c3cccc5cccc(Cl)c35)C4)C[C@@H]2CC#N)c1. The van der Waals surface area contributed by atoms with Gasteiger partial charge in [-0.05, 0) is 49.4 Å². The van der Waals surface area contributed by atoms with Crippen molar-refractivity contribution < 1.29 is 13.9 Å². The van der Waals surface area contributed by atoms with E-state index in [9.17, 15) is 14.4 Å². The number of piperazine rings is 1. The molecule has 0 aliphatic carbocycles. The van der Waals surface area contributed by atoms with Crippen molar-refractivity contribution in [3.63, 3.8) is 0 Å². The zero-order chi connectivity index (χ0) is 35.1. The lowest BCUT2D eigenvalue weighted by molar-refractivity contribution is -0.128. The first kappa shape index (κ1) is 33.4. The van der Waals surface area contributed by atoms with E-state index in [1.165, 1.54) is 6.08 Å². The second-order valence-electron chi connectivity index (χ2n) is 14.2. The van der Waals surface area contributed by atoms with Gasteiger partial charge in [-0.1, -0.05) is 35.9 Å². The smallest absolute Gasteiger partial charge is 0.318 e. The van der Waals surface area contributed by atoms with Crippen LogP contribution in [0.15, 0.2) is 55.0 Å². The van der Waals surface area contributed by atoms with Crippen LogP contribution in [0.3, 0.4) is 0 Å². The highest BCUT2D eigenvalue weighted by atomic mass is 35.5. The van der Waals surface area contributed by atoms with Crippen molar-refractivity contribution in [1.29, 1.82) is 5.26 Å². The van der Waals surface area contributed by atoms with E-state index in [1.807, 2.05) is 29.9 Å². The molecule has 264 valence electrons. The fourth-order valence-electron chi connectivity index (χ4n) is 8.50. The molecule has 3 atom stereocenters. The molecule has 3 fully saturated rings. The van der Waals surface area contributed by atoms with Gasteiger partial charge < -0.3 is 24.0 Å². The van der Waals surface area contributed by atoms with Crippen LogP contribution in [-0.2, 0) is 24.8 Å². The van der Waals surface area contributed by atoms with Gasteiger partial charge in [-0.15, -0.1) is 0 Å². The van der Waals surface area contributed by atoms with Crippen molar-refractivity contribution in [2.45, 2.75) is 56.4 Å². The Morgan fingerprint density at radius 3 is 2.82 bits per heavy atom. The molecular formula is C38H41ClFN9O2. The first-order valence-corrected chi connectivity index (χ1v) is 18.1. The van der Waals surface area contributed by atoms with Crippen LogP contribution in [-0.4, -0.2) is 98.9 Å². The van der Waals surface area contributed by atoms with Crippen molar-refractivity contribution in [3.8, 4) is 12.1 Å². The van der Waals surface area contributed by atoms with Gasteiger partial charge in [-0.2, -0.15) is 15.2 Å². The van der Waals surface area contributed by atoms with E-state index >= 15 is 0 Å². The van der Waals surface area contributed by atoms with Gasteiger partial charge in [-0.3, -0.25) is 9.69 Å². The summed E-state index contributed by atoms with van der Waals surface area (Å²) in [5, 5.41) is 12.6. The summed E-state index contributed by atoms with van der Waals surface area (Å²) < 4.78 is 22.9. The van der Waals surface area contributed by atoms with Gasteiger partial charge in [0, 0.05) is 75.1 Å². The molecule has 0 bridgehead atoms. The lowest BCUT2D eigenvalue weighted by Crippen LogP contribution is -2.55. The Morgan fingerprint density at radius 1 is 1.14 bits per heavy atom. The van der Waals surface area contributed by atoms with E-state index in [4.69, 9.17) is 26.3 Å². The summed E-state index contributed by atoms with van der Waals surface area (Å²) in [5.74, 6) is 0.627. The van der Waals surface area contributed by atoms with E-state index < -0.39 is 6.17 Å². The minimum atomic E-state index is -0.857. The second-order valence-corrected chi connectivity index (χ2v) is 14.6. The Morgan fingerprint density at radius 2 is 2.00 bits per heavy atom. The quantitative estimate of drug-likeness (QED) is 0.229. The maximum atomic E-state index is 14.6. The van der Waals surface area contributed by atoms with Crippen molar-refractivity contribution in [1.82, 2.24) is 29.3 Å². The summed E-state index contributed by atoms with van der Waals surface area (Å²) in [7, 11) is 1.88. The van der Waals surface area contributed by atoms with Crippen molar-refractivity contribution >= 4 is 45.9 Å². The van der Waals surface area contributed by atoms with E-state index in [0.717, 1.165) is 59.5 Å². The molecule has 51 heavy (non-hydrogen) atoms. The van der Waals surface area contributed by atoms with Crippen LogP contribution in [0.5, 0.6) is 6.01 Å². The molecule has 3 saturated heterocycles. The molecule has 11 nitrogen and oxygen atoms in total. The van der Waals surface area contributed by atoms with Crippen LogP contribution in [0.4, 0.5) is 15.9 Å². The van der Waals surface area contributed by atoms with E-state index in [-0.39, 0.29) is 29.9 Å². The molecule has 4 aliphatic heterocycles. The number of nitriles is 1. The highest BCUT2D eigenvalue weighted by Gasteiger charge is 2.49. The van der Waals surface area contributed by atoms with Gasteiger partial charge in [-0.25, -0.2) is 9.37 Å². The fourth-order valence-corrected chi connectivity index (χ4v) is 8.78. The number of aryl methyl sites for hydroxylation is 1. The van der Waals surface area contributed by atoms with Gasteiger partial charge in [0.25, 0.3) is 0 Å². The number of hydrogen-bond acceptors (Lipinski definition) is 9. The van der Waals surface area contributed by atoms with Crippen LogP contribution in [0.25, 0.3) is 16.8 Å². The summed E-state index contributed by atoms with van der Waals surface area (Å²) in [4.78, 5) is 36.2. The van der Waals surface area contributed by atoms with Gasteiger partial charge in [0.1, 0.15) is 18.6 Å². The lowest BCUT2D eigenvalue weighted by atomic mass is 9.95. The second kappa shape index (κ2) is 13.8. The van der Waals surface area contributed by atoms with Crippen molar-refractivity contribution in [2.75, 3.05) is 55.7 Å². The monoisotopic (exact) mass is 709 g/mol. The number of halogens is 2. The Hall–Kier alpha value is -4.73. The van der Waals surface area contributed by atoms with Gasteiger partial charge in [0.15, 0.2) is 0 Å². The highest BCUT2D eigenvalue weighted by Crippen LogP contribution is 2.41. The van der Waals surface area contributed by atoms with Gasteiger partial charge >= 0.3 is 6.01 Å². The summed E-state index contributed by atoms with van der Waals surface area (Å²) in [5.41, 5.74) is 3.32. The number of fused-ring (bicyclic) bond motifs is 3. The molecule has 6 heterocycles. The number of carbonyl (C=O) groups excluding carboxylic acids is 1. The number of benzene rings is 2. The Kier molecular flexibility index (Phi) is 9.02. The zero-order valence-electron chi connectivity index (χ0n) is 28.7. The third-order valence-electron chi connectivity index (χ3n) is 10.9. The van der Waals surface area contributed by atoms with Crippen LogP contribution in [0, 0.1) is 11.3 Å². The normalized spacial score (nSPS) is 23.5. The molecule has 0 radical (unpaired) electrons. The number of alkyl halides is 1. The predicted octanol–water partition coefficient (Wildman–Crippen LogP) is 5.18. The molecule has 4 aromatic rings. The molecule has 0 unspecified atom stereocenters. The maximum Gasteiger partial charge on any atom is 0.318 e. The Labute approximate surface area is 301 Å². The summed E-state index contributed by atoms with van der Waals surface area (Å²) in [6, 6.07) is 14.4. The van der Waals surface area contributed by atoms with Crippen LogP contribution >= 0.6 is 11.6 Å². The maximum absolute atomic E-state index is 14.6. The molecule has 2 aromatic carbocycles. The number of amides is 1. The molecule has 4 aliphatic rings. The molecule has 1 amide bonds. The Bertz CT molecular complexity index is 2020. The van der Waals surface area contributed by atoms with Crippen LogP contribution in [0.1, 0.15) is 42.6 Å². The van der Waals surface area contributed by atoms with Crippen LogP contribution < -0.4 is 14.5 Å². The number of imidazole rings is 1. The summed E-state index contributed by atoms with van der Waals surface area (Å²) >= 11 is 6.75. The van der Waals surface area contributed by atoms with Gasteiger partial charge in [0.2, 0.25) is 5.91 Å². The fraction of sp³-hybridized carbons (Fsp3) is 0.447.